The third-order valence-electron chi connectivity index (χ3n) is 3.47. The first kappa shape index (κ1) is 12.1. The van der Waals surface area contributed by atoms with Gasteiger partial charge in [-0.25, -0.2) is 0 Å². The first-order chi connectivity index (χ1) is 7.58. The van der Waals surface area contributed by atoms with Crippen LogP contribution in [0, 0.1) is 11.8 Å². The Morgan fingerprint density at radius 3 is 2.81 bits per heavy atom. The van der Waals surface area contributed by atoms with E-state index in [0.717, 1.165) is 34.3 Å². The van der Waals surface area contributed by atoms with Crippen molar-refractivity contribution in [2.24, 2.45) is 11.8 Å². The first-order valence-electron chi connectivity index (χ1n) is 5.54. The van der Waals surface area contributed by atoms with Gasteiger partial charge in [-0.2, -0.15) is 0 Å². The van der Waals surface area contributed by atoms with Crippen molar-refractivity contribution < 1.29 is 4.79 Å². The second-order valence-corrected chi connectivity index (χ2v) is 5.82. The highest BCUT2D eigenvalue weighted by molar-refractivity contribution is 9.10. The molecule has 1 saturated carbocycles. The minimum absolute atomic E-state index is 0.194. The van der Waals surface area contributed by atoms with E-state index in [2.05, 4.69) is 15.9 Å². The third kappa shape index (κ3) is 2.49. The van der Waals surface area contributed by atoms with E-state index in [1.54, 1.807) is 0 Å². The van der Waals surface area contributed by atoms with Crippen molar-refractivity contribution in [3.63, 3.8) is 0 Å². The molecule has 1 aromatic rings. The maximum absolute atomic E-state index is 11.5. The van der Waals surface area contributed by atoms with Gasteiger partial charge in [-0.1, -0.05) is 40.5 Å². The highest BCUT2D eigenvalue weighted by Crippen LogP contribution is 2.33. The fourth-order valence-corrected chi connectivity index (χ4v) is 3.07. The van der Waals surface area contributed by atoms with Crippen LogP contribution in [0.2, 0.25) is 5.02 Å². The van der Waals surface area contributed by atoms with Crippen molar-refractivity contribution in [3.8, 4) is 0 Å². The lowest BCUT2D eigenvalue weighted by molar-refractivity contribution is -0.120. The molecule has 2 unspecified atom stereocenters. The molecule has 0 aliphatic heterocycles. The zero-order chi connectivity index (χ0) is 11.7. The average molecular weight is 302 g/mol. The number of ketones is 1. The van der Waals surface area contributed by atoms with Gasteiger partial charge in [0.1, 0.15) is 5.78 Å². The molecule has 0 aromatic heterocycles. The molecule has 1 fully saturated rings. The summed E-state index contributed by atoms with van der Waals surface area (Å²) in [7, 11) is 0. The number of hydrogen-bond acceptors (Lipinski definition) is 1. The van der Waals surface area contributed by atoms with Crippen LogP contribution in [0.15, 0.2) is 22.7 Å². The molecule has 1 aliphatic carbocycles. The number of hydrogen-bond donors (Lipinski definition) is 0. The summed E-state index contributed by atoms with van der Waals surface area (Å²) in [6, 6.07) is 5.96. The van der Waals surface area contributed by atoms with Crippen molar-refractivity contribution in [1.82, 2.24) is 0 Å². The molecule has 0 bridgehead atoms. The van der Waals surface area contributed by atoms with Crippen molar-refractivity contribution in [2.45, 2.75) is 26.2 Å². The summed E-state index contributed by atoms with van der Waals surface area (Å²) >= 11 is 9.57. The summed E-state index contributed by atoms with van der Waals surface area (Å²) in [5.41, 5.74) is 1.15. The minimum Gasteiger partial charge on any atom is -0.299 e. The molecule has 3 heteroatoms. The van der Waals surface area contributed by atoms with Crippen LogP contribution in [0.25, 0.3) is 0 Å². The summed E-state index contributed by atoms with van der Waals surface area (Å²) < 4.78 is 0.997. The van der Waals surface area contributed by atoms with Crippen LogP contribution < -0.4 is 0 Å². The standard InChI is InChI=1S/C13H14BrClO/c1-8-9(3-5-13(8)16)6-10-2-4-11(14)7-12(10)15/h2,4,7-9H,3,5-6H2,1H3. The fourth-order valence-electron chi connectivity index (χ4n) is 2.32. The Hall–Kier alpha value is -0.340. The van der Waals surface area contributed by atoms with E-state index in [9.17, 15) is 4.79 Å². The Balaban J connectivity index is 2.12. The van der Waals surface area contributed by atoms with E-state index >= 15 is 0 Å². The van der Waals surface area contributed by atoms with E-state index in [1.807, 2.05) is 25.1 Å². The molecule has 0 amide bonds. The maximum Gasteiger partial charge on any atom is 0.135 e. The van der Waals surface area contributed by atoms with Gasteiger partial charge < -0.3 is 0 Å². The molecule has 0 heterocycles. The molecule has 0 spiro atoms. The summed E-state index contributed by atoms with van der Waals surface area (Å²) in [5.74, 6) is 1.06. The van der Waals surface area contributed by atoms with Gasteiger partial charge in [0.2, 0.25) is 0 Å². The molecule has 0 radical (unpaired) electrons. The summed E-state index contributed by atoms with van der Waals surface area (Å²) in [6.07, 6.45) is 2.66. The number of carbonyl (C=O) groups excluding carboxylic acids is 1. The first-order valence-corrected chi connectivity index (χ1v) is 6.71. The van der Waals surface area contributed by atoms with Gasteiger partial charge in [0.25, 0.3) is 0 Å². The van der Waals surface area contributed by atoms with Gasteiger partial charge in [0, 0.05) is 21.8 Å². The molecule has 2 rings (SSSR count). The summed E-state index contributed by atoms with van der Waals surface area (Å²) in [6.45, 7) is 2.03. The quantitative estimate of drug-likeness (QED) is 0.797. The van der Waals surface area contributed by atoms with E-state index in [1.165, 1.54) is 0 Å². The van der Waals surface area contributed by atoms with Gasteiger partial charge in [0.05, 0.1) is 0 Å². The van der Waals surface area contributed by atoms with Crippen LogP contribution >= 0.6 is 27.5 Å². The van der Waals surface area contributed by atoms with Gasteiger partial charge in [0.15, 0.2) is 0 Å². The molecular weight excluding hydrogens is 287 g/mol. The molecule has 16 heavy (non-hydrogen) atoms. The van der Waals surface area contributed by atoms with Gasteiger partial charge in [-0.3, -0.25) is 4.79 Å². The monoisotopic (exact) mass is 300 g/mol. The Morgan fingerprint density at radius 2 is 2.25 bits per heavy atom. The molecule has 86 valence electrons. The normalized spacial score (nSPS) is 25.1. The molecule has 2 atom stereocenters. The van der Waals surface area contributed by atoms with Crippen LogP contribution in [-0.2, 0) is 11.2 Å². The number of Topliss-reactive ketones (excluding diaryl/α,β-unsaturated/α-hetero) is 1. The molecule has 1 aliphatic rings. The SMILES string of the molecule is CC1C(=O)CCC1Cc1ccc(Br)cc1Cl. The highest BCUT2D eigenvalue weighted by Gasteiger charge is 2.30. The van der Waals surface area contributed by atoms with Gasteiger partial charge in [-0.05, 0) is 36.5 Å². The Labute approximate surface area is 109 Å². The van der Waals surface area contributed by atoms with Gasteiger partial charge >= 0.3 is 0 Å². The summed E-state index contributed by atoms with van der Waals surface area (Å²) in [5, 5.41) is 0.793. The van der Waals surface area contributed by atoms with E-state index < -0.39 is 0 Å². The largest absolute Gasteiger partial charge is 0.299 e. The lowest BCUT2D eigenvalue weighted by Gasteiger charge is -2.15. The van der Waals surface area contributed by atoms with Gasteiger partial charge in [-0.15, -0.1) is 0 Å². The second kappa shape index (κ2) is 4.89. The topological polar surface area (TPSA) is 17.1 Å². The van der Waals surface area contributed by atoms with Crippen molar-refractivity contribution in [3.05, 3.63) is 33.3 Å². The van der Waals surface area contributed by atoms with Crippen molar-refractivity contribution in [2.75, 3.05) is 0 Å². The lowest BCUT2D eigenvalue weighted by Crippen LogP contribution is -2.12. The zero-order valence-electron chi connectivity index (χ0n) is 9.17. The Kier molecular flexibility index (Phi) is 3.70. The number of rotatable bonds is 2. The molecular formula is C13H14BrClO. The smallest absolute Gasteiger partial charge is 0.135 e. The number of halogens is 2. The third-order valence-corrected chi connectivity index (χ3v) is 4.32. The van der Waals surface area contributed by atoms with Crippen molar-refractivity contribution >= 4 is 33.3 Å². The van der Waals surface area contributed by atoms with E-state index in [4.69, 9.17) is 11.6 Å². The molecule has 1 nitrogen and oxygen atoms in total. The number of benzene rings is 1. The molecule has 0 saturated heterocycles. The van der Waals surface area contributed by atoms with Crippen LogP contribution in [0.3, 0.4) is 0 Å². The number of carbonyl (C=O) groups is 1. The van der Waals surface area contributed by atoms with Crippen molar-refractivity contribution in [1.29, 1.82) is 0 Å². The van der Waals surface area contributed by atoms with Crippen LogP contribution in [0.4, 0.5) is 0 Å². The predicted octanol–water partition coefficient (Wildman–Crippen LogP) is 4.26. The Morgan fingerprint density at radius 1 is 1.50 bits per heavy atom. The van der Waals surface area contributed by atoms with Crippen LogP contribution in [0.1, 0.15) is 25.3 Å². The predicted molar refractivity (Wildman–Crippen MR) is 69.8 cm³/mol. The molecule has 1 aromatic carbocycles. The summed E-state index contributed by atoms with van der Waals surface area (Å²) in [4.78, 5) is 11.5. The lowest BCUT2D eigenvalue weighted by atomic mass is 9.91. The molecule has 0 N–H and O–H groups in total. The highest BCUT2D eigenvalue weighted by atomic mass is 79.9. The minimum atomic E-state index is 0.194. The van der Waals surface area contributed by atoms with E-state index in [-0.39, 0.29) is 5.92 Å². The maximum atomic E-state index is 11.5. The average Bonchev–Trinajstić information content (AvgIpc) is 2.54. The van der Waals surface area contributed by atoms with Crippen LogP contribution in [0.5, 0.6) is 0 Å². The zero-order valence-corrected chi connectivity index (χ0v) is 11.5. The second-order valence-electron chi connectivity index (χ2n) is 4.49. The van der Waals surface area contributed by atoms with E-state index in [0.29, 0.717) is 11.7 Å². The Bertz CT molecular complexity index is 416. The van der Waals surface area contributed by atoms with Crippen LogP contribution in [-0.4, -0.2) is 5.78 Å². The fraction of sp³-hybridized carbons (Fsp3) is 0.462.